The highest BCUT2D eigenvalue weighted by molar-refractivity contribution is 5.69. The summed E-state index contributed by atoms with van der Waals surface area (Å²) in [4.78, 5) is 11.4. The topological polar surface area (TPSA) is 66.8 Å². The van der Waals surface area contributed by atoms with E-state index in [1.807, 2.05) is 0 Å². The van der Waals surface area contributed by atoms with E-state index in [1.165, 1.54) is 64.2 Å². The van der Waals surface area contributed by atoms with Crippen LogP contribution >= 0.6 is 0 Å². The number of rotatable bonds is 18. The zero-order valence-electron chi connectivity index (χ0n) is 16.3. The smallest absolute Gasteiger partial charge is 0.305 e. The first-order chi connectivity index (χ1) is 12.2. The Bertz CT molecular complexity index is 313. The minimum Gasteiger partial charge on any atom is -0.465 e. The number of hydrogen-bond donors (Lipinski definition) is 2. The van der Waals surface area contributed by atoms with E-state index in [0.717, 1.165) is 19.3 Å². The second-order valence-corrected chi connectivity index (χ2v) is 6.82. The van der Waals surface area contributed by atoms with Crippen LogP contribution in [0, 0.1) is 0 Å². The summed E-state index contributed by atoms with van der Waals surface area (Å²) in [6, 6.07) is 0. The normalized spacial score (nSPS) is 11.5. The van der Waals surface area contributed by atoms with E-state index in [9.17, 15) is 4.79 Å². The third-order valence-corrected chi connectivity index (χ3v) is 4.28. The van der Waals surface area contributed by atoms with Crippen LogP contribution < -0.4 is 0 Å². The van der Waals surface area contributed by atoms with Crippen LogP contribution in [0.3, 0.4) is 0 Å². The third-order valence-electron chi connectivity index (χ3n) is 4.28. The molecule has 0 aliphatic rings. The fourth-order valence-electron chi connectivity index (χ4n) is 2.69. The van der Waals surface area contributed by atoms with Crippen molar-refractivity contribution in [3.63, 3.8) is 0 Å². The van der Waals surface area contributed by atoms with Crippen LogP contribution in [0.1, 0.15) is 103 Å². The van der Waals surface area contributed by atoms with Crippen molar-refractivity contribution in [1.82, 2.24) is 0 Å². The third kappa shape index (κ3) is 21.1. The standard InChI is InChI=1S/C21H40O4/c1-2-3-4-5-6-7-8-9-10-11-12-13-14-15-16-17-21(24)25-19-18-20(22)23/h9-10,20,22-23H,2-8,11-19H2,1H3/b10-9-. The van der Waals surface area contributed by atoms with Crippen molar-refractivity contribution in [2.45, 2.75) is 110 Å². The molecule has 0 saturated carbocycles. The maximum absolute atomic E-state index is 11.4. The highest BCUT2D eigenvalue weighted by Crippen LogP contribution is 2.10. The number of unbranched alkanes of at least 4 members (excludes halogenated alkanes) is 11. The van der Waals surface area contributed by atoms with Gasteiger partial charge in [0.05, 0.1) is 6.61 Å². The molecule has 4 heteroatoms. The minimum atomic E-state index is -1.40. The Balaban J connectivity index is 3.20. The molecule has 0 unspecified atom stereocenters. The molecule has 0 heterocycles. The van der Waals surface area contributed by atoms with E-state index < -0.39 is 6.29 Å². The average molecular weight is 357 g/mol. The number of allylic oxidation sites excluding steroid dienone is 2. The number of aliphatic hydroxyl groups is 2. The highest BCUT2D eigenvalue weighted by Gasteiger charge is 2.04. The van der Waals surface area contributed by atoms with Crippen LogP contribution in [0.15, 0.2) is 12.2 Å². The van der Waals surface area contributed by atoms with Crippen molar-refractivity contribution in [3.05, 3.63) is 12.2 Å². The average Bonchev–Trinajstić information content (AvgIpc) is 2.58. The summed E-state index contributed by atoms with van der Waals surface area (Å²) in [5.41, 5.74) is 0. The predicted octanol–water partition coefficient (Wildman–Crippen LogP) is 5.27. The van der Waals surface area contributed by atoms with E-state index in [1.54, 1.807) is 0 Å². The van der Waals surface area contributed by atoms with Gasteiger partial charge in [0.15, 0.2) is 6.29 Å². The summed E-state index contributed by atoms with van der Waals surface area (Å²) >= 11 is 0. The molecule has 0 aliphatic carbocycles. The van der Waals surface area contributed by atoms with Crippen LogP contribution in [0.5, 0.6) is 0 Å². The summed E-state index contributed by atoms with van der Waals surface area (Å²) in [7, 11) is 0. The Labute approximate surface area is 154 Å². The van der Waals surface area contributed by atoms with Crippen molar-refractivity contribution >= 4 is 5.97 Å². The zero-order valence-corrected chi connectivity index (χ0v) is 16.3. The summed E-state index contributed by atoms with van der Waals surface area (Å²) in [6.45, 7) is 2.34. The molecule has 2 N–H and O–H groups in total. The number of carbonyl (C=O) groups is 1. The SMILES string of the molecule is CCCCCCCC/C=C\CCCCCCCC(=O)OCCC(O)O. The summed E-state index contributed by atoms with van der Waals surface area (Å²) in [5, 5.41) is 17.3. The van der Waals surface area contributed by atoms with Crippen molar-refractivity contribution in [1.29, 1.82) is 0 Å². The maximum atomic E-state index is 11.4. The fraction of sp³-hybridized carbons (Fsp3) is 0.857. The van der Waals surface area contributed by atoms with Gasteiger partial charge in [0.2, 0.25) is 0 Å². The maximum Gasteiger partial charge on any atom is 0.305 e. The van der Waals surface area contributed by atoms with E-state index in [0.29, 0.717) is 6.42 Å². The second kappa shape index (κ2) is 19.5. The first-order valence-corrected chi connectivity index (χ1v) is 10.3. The van der Waals surface area contributed by atoms with Gasteiger partial charge in [-0.2, -0.15) is 0 Å². The molecule has 0 fully saturated rings. The number of aliphatic hydroxyl groups excluding tert-OH is 1. The molecule has 0 spiro atoms. The largest absolute Gasteiger partial charge is 0.465 e. The molecule has 0 aromatic carbocycles. The summed E-state index contributed by atoms with van der Waals surface area (Å²) in [5.74, 6) is -0.238. The molecule has 0 atom stereocenters. The molecule has 0 amide bonds. The first kappa shape index (κ1) is 24.1. The number of carbonyl (C=O) groups excluding carboxylic acids is 1. The fourth-order valence-corrected chi connectivity index (χ4v) is 2.69. The van der Waals surface area contributed by atoms with Crippen LogP contribution in [0.25, 0.3) is 0 Å². The van der Waals surface area contributed by atoms with Crippen LogP contribution in [0.4, 0.5) is 0 Å². The quantitative estimate of drug-likeness (QED) is 0.152. The van der Waals surface area contributed by atoms with Crippen LogP contribution in [-0.4, -0.2) is 29.1 Å². The van der Waals surface area contributed by atoms with Gasteiger partial charge in [-0.1, -0.05) is 70.4 Å². The second-order valence-electron chi connectivity index (χ2n) is 6.82. The molecule has 0 radical (unpaired) electrons. The molecule has 0 aromatic heterocycles. The van der Waals surface area contributed by atoms with Gasteiger partial charge in [0.1, 0.15) is 0 Å². The molecule has 0 bridgehead atoms. The molecule has 0 aliphatic heterocycles. The lowest BCUT2D eigenvalue weighted by atomic mass is 10.1. The lowest BCUT2D eigenvalue weighted by Gasteiger charge is -2.05. The van der Waals surface area contributed by atoms with E-state index in [-0.39, 0.29) is 19.0 Å². The number of ether oxygens (including phenoxy) is 1. The van der Waals surface area contributed by atoms with Crippen molar-refractivity contribution in [2.75, 3.05) is 6.61 Å². The first-order valence-electron chi connectivity index (χ1n) is 10.3. The molecule has 4 nitrogen and oxygen atoms in total. The molecular formula is C21H40O4. The Morgan fingerprint density at radius 3 is 1.92 bits per heavy atom. The Hall–Kier alpha value is -0.870. The summed E-state index contributed by atoms with van der Waals surface area (Å²) in [6.07, 6.45) is 19.8. The molecular weight excluding hydrogens is 316 g/mol. The lowest BCUT2D eigenvalue weighted by Crippen LogP contribution is -2.12. The van der Waals surface area contributed by atoms with Gasteiger partial charge in [0.25, 0.3) is 0 Å². The van der Waals surface area contributed by atoms with E-state index in [2.05, 4.69) is 19.1 Å². The lowest BCUT2D eigenvalue weighted by molar-refractivity contribution is -0.146. The molecule has 0 saturated heterocycles. The summed E-state index contributed by atoms with van der Waals surface area (Å²) < 4.78 is 4.90. The van der Waals surface area contributed by atoms with E-state index >= 15 is 0 Å². The van der Waals surface area contributed by atoms with Crippen molar-refractivity contribution < 1.29 is 19.7 Å². The number of hydrogen-bond acceptors (Lipinski definition) is 4. The Morgan fingerprint density at radius 2 is 1.36 bits per heavy atom. The van der Waals surface area contributed by atoms with Crippen LogP contribution in [-0.2, 0) is 9.53 Å². The molecule has 148 valence electrons. The molecule has 0 aromatic rings. The van der Waals surface area contributed by atoms with Gasteiger partial charge in [-0.3, -0.25) is 4.79 Å². The monoisotopic (exact) mass is 356 g/mol. The van der Waals surface area contributed by atoms with Crippen LogP contribution in [0.2, 0.25) is 0 Å². The van der Waals surface area contributed by atoms with Gasteiger partial charge in [0, 0.05) is 12.8 Å². The highest BCUT2D eigenvalue weighted by atomic mass is 16.5. The van der Waals surface area contributed by atoms with Gasteiger partial charge in [-0.15, -0.1) is 0 Å². The van der Waals surface area contributed by atoms with Crippen molar-refractivity contribution in [3.8, 4) is 0 Å². The Morgan fingerprint density at radius 1 is 0.840 bits per heavy atom. The zero-order chi connectivity index (χ0) is 18.6. The molecule has 25 heavy (non-hydrogen) atoms. The predicted molar refractivity (Wildman–Crippen MR) is 103 cm³/mol. The number of esters is 1. The van der Waals surface area contributed by atoms with E-state index in [4.69, 9.17) is 14.9 Å². The molecule has 0 rings (SSSR count). The Kier molecular flexibility index (Phi) is 18.8. The minimum absolute atomic E-state index is 0.0815. The van der Waals surface area contributed by atoms with Gasteiger partial charge in [-0.05, 0) is 32.1 Å². The van der Waals surface area contributed by atoms with Gasteiger partial charge >= 0.3 is 5.97 Å². The van der Waals surface area contributed by atoms with Gasteiger partial charge in [-0.25, -0.2) is 0 Å². The van der Waals surface area contributed by atoms with Gasteiger partial charge < -0.3 is 14.9 Å². The van der Waals surface area contributed by atoms with Crippen molar-refractivity contribution in [2.24, 2.45) is 0 Å².